The van der Waals surface area contributed by atoms with Crippen molar-refractivity contribution >= 4 is 101 Å². The molecule has 3 saturated carbocycles. The maximum absolute atomic E-state index is 12.5. The van der Waals surface area contributed by atoms with Crippen LogP contribution in [0.3, 0.4) is 0 Å². The van der Waals surface area contributed by atoms with Crippen LogP contribution in [0, 0.1) is 11.3 Å². The quantitative estimate of drug-likeness (QED) is 0.126. The summed E-state index contributed by atoms with van der Waals surface area (Å²) >= 11 is 7.62. The van der Waals surface area contributed by atoms with Crippen molar-refractivity contribution in [3.63, 3.8) is 0 Å². The fourth-order valence-electron chi connectivity index (χ4n) is 6.86. The zero-order chi connectivity index (χ0) is 40.5. The molecule has 16 nitrogen and oxygen atoms in total. The summed E-state index contributed by atoms with van der Waals surface area (Å²) in [4.78, 5) is 63.0. The van der Waals surface area contributed by atoms with Gasteiger partial charge in [-0.15, -0.1) is 0 Å². The highest BCUT2D eigenvalue weighted by molar-refractivity contribution is 9.10. The van der Waals surface area contributed by atoms with E-state index >= 15 is 0 Å². The molecule has 0 bridgehead atoms. The van der Waals surface area contributed by atoms with Crippen LogP contribution in [0.4, 0.5) is 17.1 Å². The normalized spacial score (nSPS) is 15.5. The Bertz CT molecular complexity index is 2760. The summed E-state index contributed by atoms with van der Waals surface area (Å²) in [5.74, 6) is 0. The Morgan fingerprint density at radius 2 is 1.05 bits per heavy atom. The van der Waals surface area contributed by atoms with E-state index in [1.807, 2.05) is 24.8 Å². The van der Waals surface area contributed by atoms with Crippen LogP contribution in [-0.2, 0) is 0 Å². The van der Waals surface area contributed by atoms with Crippen molar-refractivity contribution in [2.45, 2.75) is 91.4 Å². The maximum Gasteiger partial charge on any atom is 0.272 e. The fraction of sp³-hybridized carbons (Fsp3) is 0.405. The molecule has 3 aliphatic rings. The third kappa shape index (κ3) is 7.57. The maximum atomic E-state index is 12.5. The molecule has 20 heteroatoms. The van der Waals surface area contributed by atoms with Gasteiger partial charge in [-0.25, -0.2) is 29.9 Å². The largest absolute Gasteiger partial charge is 0.398 e. The number of aromatic nitrogens is 9. The van der Waals surface area contributed by atoms with Crippen molar-refractivity contribution < 1.29 is 0 Å². The number of hydrogen-bond acceptors (Lipinski definition) is 16. The first-order valence-electron chi connectivity index (χ1n) is 18.3. The highest BCUT2D eigenvalue weighted by Gasteiger charge is 2.28. The van der Waals surface area contributed by atoms with Crippen LogP contribution in [0.15, 0.2) is 59.0 Å². The van der Waals surface area contributed by atoms with Gasteiger partial charge in [0.15, 0.2) is 15.5 Å². The van der Waals surface area contributed by atoms with Crippen molar-refractivity contribution in [2.75, 3.05) is 36.0 Å². The lowest BCUT2D eigenvalue weighted by atomic mass is 9.92. The summed E-state index contributed by atoms with van der Waals surface area (Å²) in [5.41, 5.74) is 20.2. The molecule has 0 saturated heterocycles. The van der Waals surface area contributed by atoms with Gasteiger partial charge in [-0.3, -0.25) is 28.1 Å². The average molecular weight is 891 g/mol. The molecule has 0 unspecified atom stereocenters. The Kier molecular flexibility index (Phi) is 12.1. The highest BCUT2D eigenvalue weighted by Crippen LogP contribution is 2.36. The van der Waals surface area contributed by atoms with Gasteiger partial charge in [0.2, 0.25) is 0 Å². The van der Waals surface area contributed by atoms with E-state index in [-0.39, 0.29) is 46.1 Å². The van der Waals surface area contributed by atoms with E-state index < -0.39 is 0 Å². The molecular weight excluding hydrogens is 851 g/mol. The van der Waals surface area contributed by atoms with Gasteiger partial charge in [0.1, 0.15) is 33.0 Å². The van der Waals surface area contributed by atoms with Crippen LogP contribution in [-0.4, -0.2) is 62.4 Å². The molecule has 57 heavy (non-hydrogen) atoms. The number of nitriles is 1. The second kappa shape index (κ2) is 17.0. The molecule has 0 atom stereocenters. The summed E-state index contributed by atoms with van der Waals surface area (Å²) in [6.07, 6.45) is 20.1. The first-order chi connectivity index (χ1) is 27.5. The van der Waals surface area contributed by atoms with Gasteiger partial charge < -0.3 is 17.2 Å². The monoisotopic (exact) mass is 889 g/mol. The number of rotatable bonds is 6. The molecule has 6 heterocycles. The molecule has 0 spiro atoms. The average Bonchev–Trinajstić information content (AvgIpc) is 3.16. The smallest absolute Gasteiger partial charge is 0.272 e. The highest BCUT2D eigenvalue weighted by atomic mass is 79.9. The topological polar surface area (TPSA) is 245 Å². The summed E-state index contributed by atoms with van der Waals surface area (Å²) in [5, 5.41) is 13.2. The first kappa shape index (κ1) is 40.5. The second-order valence-electron chi connectivity index (χ2n) is 13.8. The third-order valence-electron chi connectivity index (χ3n) is 10.7. The first-order valence-corrected chi connectivity index (χ1v) is 22.7. The lowest BCUT2D eigenvalue weighted by Crippen LogP contribution is -2.32. The predicted octanol–water partition coefficient (Wildman–Crippen LogP) is 6.10. The van der Waals surface area contributed by atoms with E-state index in [0.717, 1.165) is 62.1 Å². The Morgan fingerprint density at radius 3 is 1.47 bits per heavy atom. The minimum Gasteiger partial charge on any atom is -0.398 e. The van der Waals surface area contributed by atoms with E-state index in [9.17, 15) is 14.4 Å². The van der Waals surface area contributed by atoms with Crippen LogP contribution >= 0.6 is 51.2 Å². The van der Waals surface area contributed by atoms with Gasteiger partial charge in [-0.1, -0.05) is 35.3 Å². The summed E-state index contributed by atoms with van der Waals surface area (Å²) in [6.45, 7) is 0. The third-order valence-corrected chi connectivity index (χ3v) is 13.1. The molecule has 0 aliphatic heterocycles. The van der Waals surface area contributed by atoms with Crippen molar-refractivity contribution in [3.8, 4) is 6.07 Å². The number of halogens is 1. The summed E-state index contributed by atoms with van der Waals surface area (Å²) in [7, 11) is 0. The van der Waals surface area contributed by atoms with E-state index in [1.54, 1.807) is 32.3 Å². The standard InChI is InChI=1S/C13H13N5OS.C12H13BrN4OS.C12H14N4OS/c1-20-13-16-6-9-10(15)8(5-14)12(19)18(11(9)17-13)7-3-2-4-7;1-19-12-15-5-7-9(14)8(13)11(18)17(10(7)16-12)6-3-2-4-6;1-18-12-14-6-8-9(13)5-10(17)16(11(8)15-12)7-3-2-4-7/h6-7H,2-4,15H2,1H3;5-6H,2-4,14H2,1H3;5-7H,2-4,13H2,1H3. The van der Waals surface area contributed by atoms with Crippen molar-refractivity contribution in [1.29, 1.82) is 5.26 Å². The molecule has 6 aromatic heterocycles. The molecule has 3 fully saturated rings. The van der Waals surface area contributed by atoms with Crippen molar-refractivity contribution in [1.82, 2.24) is 43.6 Å². The molecule has 0 radical (unpaired) electrons. The van der Waals surface area contributed by atoms with Gasteiger partial charge in [-0.05, 0) is 92.5 Å². The van der Waals surface area contributed by atoms with E-state index in [1.165, 1.54) is 47.8 Å². The Morgan fingerprint density at radius 1 is 0.649 bits per heavy atom. The Labute approximate surface area is 347 Å². The van der Waals surface area contributed by atoms with Gasteiger partial charge in [0, 0.05) is 48.5 Å². The SMILES string of the molecule is CSc1ncc2c(N)c(Br)c(=O)n(C3CCC3)c2n1.CSc1ncc2c(N)c(C#N)c(=O)n(C3CCC3)c2n1.CSc1ncc2c(N)cc(=O)n(C3CCC3)c2n1. The predicted molar refractivity (Wildman–Crippen MR) is 231 cm³/mol. The number of nitrogens with zero attached hydrogens (tertiary/aromatic N) is 10. The molecule has 0 aromatic carbocycles. The lowest BCUT2D eigenvalue weighted by Gasteiger charge is -2.29. The Hall–Kier alpha value is -4.71. The number of fused-ring (bicyclic) bond motifs is 3. The number of thioether (sulfide) groups is 3. The van der Waals surface area contributed by atoms with E-state index in [0.29, 0.717) is 53.6 Å². The second-order valence-corrected chi connectivity index (χ2v) is 16.9. The molecule has 6 N–H and O–H groups in total. The number of nitrogen functional groups attached to an aromatic ring is 3. The van der Waals surface area contributed by atoms with E-state index in [4.69, 9.17) is 22.5 Å². The zero-order valence-electron chi connectivity index (χ0n) is 31.4. The molecular formula is C37H40BrN13O3S3. The number of nitrogens with two attached hydrogens (primary N) is 3. The number of pyridine rings is 3. The summed E-state index contributed by atoms with van der Waals surface area (Å²) in [6, 6.07) is 4.00. The Balaban J connectivity index is 0.000000131. The molecule has 3 aliphatic carbocycles. The van der Waals surface area contributed by atoms with Crippen molar-refractivity contribution in [2.24, 2.45) is 0 Å². The van der Waals surface area contributed by atoms with Crippen LogP contribution in [0.1, 0.15) is 81.5 Å². The fourth-order valence-corrected chi connectivity index (χ4v) is 8.27. The molecule has 296 valence electrons. The molecule has 6 aromatic rings. The minimum atomic E-state index is -0.340. The number of hydrogen-bond donors (Lipinski definition) is 3. The lowest BCUT2D eigenvalue weighted by molar-refractivity contribution is 0.312. The van der Waals surface area contributed by atoms with Gasteiger partial charge in [-0.2, -0.15) is 5.26 Å². The van der Waals surface area contributed by atoms with Gasteiger partial charge in [0.25, 0.3) is 16.7 Å². The molecule has 0 amide bonds. The van der Waals surface area contributed by atoms with Crippen molar-refractivity contribution in [3.05, 3.63) is 65.8 Å². The minimum absolute atomic E-state index is 0.00935. The summed E-state index contributed by atoms with van der Waals surface area (Å²) < 4.78 is 5.57. The van der Waals surface area contributed by atoms with Gasteiger partial charge in [0.05, 0.1) is 27.5 Å². The van der Waals surface area contributed by atoms with Crippen LogP contribution in [0.5, 0.6) is 0 Å². The number of anilines is 3. The van der Waals surface area contributed by atoms with Crippen LogP contribution < -0.4 is 33.9 Å². The van der Waals surface area contributed by atoms with Crippen LogP contribution in [0.25, 0.3) is 33.1 Å². The molecule has 9 rings (SSSR count). The van der Waals surface area contributed by atoms with Crippen LogP contribution in [0.2, 0.25) is 0 Å². The van der Waals surface area contributed by atoms with Gasteiger partial charge >= 0.3 is 0 Å². The zero-order valence-corrected chi connectivity index (χ0v) is 35.5. The van der Waals surface area contributed by atoms with E-state index in [2.05, 4.69) is 45.8 Å².